The smallest absolute Gasteiger partial charge is 0.137 e. The minimum atomic E-state index is -0.174. The molecule has 1 aromatic carbocycles. The van der Waals surface area contributed by atoms with Crippen LogP contribution in [0.25, 0.3) is 0 Å². The number of halogens is 2. The van der Waals surface area contributed by atoms with Crippen molar-refractivity contribution in [3.8, 4) is 0 Å². The van der Waals surface area contributed by atoms with Gasteiger partial charge in [0.15, 0.2) is 0 Å². The lowest BCUT2D eigenvalue weighted by atomic mass is 9.89. The third-order valence-corrected chi connectivity index (χ3v) is 4.55. The van der Waals surface area contributed by atoms with Gasteiger partial charge in [-0.3, -0.25) is 0 Å². The summed E-state index contributed by atoms with van der Waals surface area (Å²) in [7, 11) is 0. The third kappa shape index (κ3) is 5.53. The Morgan fingerprint density at radius 1 is 1.25 bits per heavy atom. The summed E-state index contributed by atoms with van der Waals surface area (Å²) < 4.78 is 14.3. The minimum absolute atomic E-state index is 0.174. The van der Waals surface area contributed by atoms with Crippen LogP contribution in [-0.2, 0) is 0 Å². The topological polar surface area (TPSA) is 12.0 Å². The lowest BCUT2D eigenvalue weighted by molar-refractivity contribution is 0.356. The van der Waals surface area contributed by atoms with Gasteiger partial charge in [0.1, 0.15) is 5.82 Å². The van der Waals surface area contributed by atoms with Crippen LogP contribution in [-0.4, -0.2) is 6.54 Å². The molecule has 0 aliphatic carbocycles. The van der Waals surface area contributed by atoms with Crippen LogP contribution in [0.1, 0.15) is 64.5 Å². The summed E-state index contributed by atoms with van der Waals surface area (Å²) in [5.41, 5.74) is 1.06. The van der Waals surface area contributed by atoms with Crippen LogP contribution in [0.4, 0.5) is 4.39 Å². The second kappa shape index (κ2) is 9.51. The first kappa shape index (κ1) is 17.6. The lowest BCUT2D eigenvalue weighted by Gasteiger charge is -2.24. The van der Waals surface area contributed by atoms with E-state index in [1.165, 1.54) is 25.7 Å². The van der Waals surface area contributed by atoms with Gasteiger partial charge in [0.05, 0.1) is 4.47 Å². The molecular weight excluding hydrogens is 317 g/mol. The molecule has 0 aromatic heterocycles. The molecule has 2 atom stereocenters. The molecule has 3 heteroatoms. The van der Waals surface area contributed by atoms with Gasteiger partial charge in [-0.05, 0) is 52.5 Å². The van der Waals surface area contributed by atoms with Crippen molar-refractivity contribution < 1.29 is 4.39 Å². The number of rotatable bonds is 9. The molecule has 0 bridgehead atoms. The van der Waals surface area contributed by atoms with Gasteiger partial charge in [0, 0.05) is 6.04 Å². The van der Waals surface area contributed by atoms with Crippen LogP contribution in [0.5, 0.6) is 0 Å². The standard InChI is InChI=1S/C17H27BrFN/c1-4-7-8-13(5-2)11-17(20-6-3)14-9-10-15(18)16(19)12-14/h9-10,12-13,17,20H,4-8,11H2,1-3H3. The molecule has 1 rings (SSSR count). The molecule has 0 amide bonds. The molecule has 0 fully saturated rings. The number of benzene rings is 1. The predicted octanol–water partition coefficient (Wildman–Crippen LogP) is 5.85. The first-order valence-electron chi connectivity index (χ1n) is 7.80. The molecule has 0 aliphatic heterocycles. The summed E-state index contributed by atoms with van der Waals surface area (Å²) in [6.45, 7) is 7.51. The van der Waals surface area contributed by atoms with E-state index in [-0.39, 0.29) is 11.9 Å². The highest BCUT2D eigenvalue weighted by Crippen LogP contribution is 2.28. The summed E-state index contributed by atoms with van der Waals surface area (Å²) in [5, 5.41) is 3.50. The minimum Gasteiger partial charge on any atom is -0.310 e. The average Bonchev–Trinajstić information content (AvgIpc) is 2.45. The summed E-state index contributed by atoms with van der Waals surface area (Å²) in [4.78, 5) is 0. The van der Waals surface area contributed by atoms with Crippen molar-refractivity contribution in [2.45, 2.75) is 58.9 Å². The fraction of sp³-hybridized carbons (Fsp3) is 0.647. The van der Waals surface area contributed by atoms with Gasteiger partial charge in [-0.15, -0.1) is 0 Å². The van der Waals surface area contributed by atoms with Crippen molar-refractivity contribution in [1.82, 2.24) is 5.32 Å². The van der Waals surface area contributed by atoms with E-state index in [1.54, 1.807) is 6.07 Å². The Balaban J connectivity index is 2.78. The number of nitrogens with one attached hydrogen (secondary N) is 1. The second-order valence-corrected chi connectivity index (χ2v) is 6.29. The van der Waals surface area contributed by atoms with Gasteiger partial charge in [0.2, 0.25) is 0 Å². The van der Waals surface area contributed by atoms with Crippen molar-refractivity contribution in [3.63, 3.8) is 0 Å². The summed E-state index contributed by atoms with van der Waals surface area (Å²) in [6, 6.07) is 5.74. The zero-order chi connectivity index (χ0) is 15.0. The van der Waals surface area contributed by atoms with Crippen LogP contribution in [0.2, 0.25) is 0 Å². The zero-order valence-electron chi connectivity index (χ0n) is 12.9. The van der Waals surface area contributed by atoms with Crippen molar-refractivity contribution in [2.75, 3.05) is 6.54 Å². The Morgan fingerprint density at radius 3 is 2.55 bits per heavy atom. The molecule has 0 spiro atoms. The van der Waals surface area contributed by atoms with E-state index in [0.717, 1.165) is 18.5 Å². The Hall–Kier alpha value is -0.410. The molecule has 20 heavy (non-hydrogen) atoms. The Bertz CT molecular complexity index is 395. The van der Waals surface area contributed by atoms with E-state index < -0.39 is 0 Å². The van der Waals surface area contributed by atoms with E-state index in [4.69, 9.17) is 0 Å². The fourth-order valence-corrected chi connectivity index (χ4v) is 2.87. The van der Waals surface area contributed by atoms with Crippen molar-refractivity contribution in [3.05, 3.63) is 34.1 Å². The Kier molecular flexibility index (Phi) is 8.39. The number of hydrogen-bond acceptors (Lipinski definition) is 1. The van der Waals surface area contributed by atoms with Gasteiger partial charge < -0.3 is 5.32 Å². The molecule has 1 aromatic rings. The van der Waals surface area contributed by atoms with Crippen LogP contribution in [0.3, 0.4) is 0 Å². The number of unbranched alkanes of at least 4 members (excludes halogenated alkanes) is 1. The monoisotopic (exact) mass is 343 g/mol. The van der Waals surface area contributed by atoms with E-state index in [2.05, 4.69) is 42.0 Å². The normalized spacial score (nSPS) is 14.2. The van der Waals surface area contributed by atoms with E-state index in [9.17, 15) is 4.39 Å². The van der Waals surface area contributed by atoms with Crippen LogP contribution in [0.15, 0.2) is 22.7 Å². The zero-order valence-corrected chi connectivity index (χ0v) is 14.5. The molecule has 2 unspecified atom stereocenters. The molecule has 1 N–H and O–H groups in total. The van der Waals surface area contributed by atoms with E-state index in [0.29, 0.717) is 10.4 Å². The van der Waals surface area contributed by atoms with Gasteiger partial charge in [-0.25, -0.2) is 4.39 Å². The molecule has 114 valence electrons. The Labute approximate surface area is 131 Å². The predicted molar refractivity (Wildman–Crippen MR) is 88.4 cm³/mol. The maximum Gasteiger partial charge on any atom is 0.137 e. The maximum absolute atomic E-state index is 13.7. The van der Waals surface area contributed by atoms with Gasteiger partial charge in [0.25, 0.3) is 0 Å². The quantitative estimate of drug-likeness (QED) is 0.593. The highest BCUT2D eigenvalue weighted by Gasteiger charge is 2.17. The SMILES string of the molecule is CCCCC(CC)CC(NCC)c1ccc(Br)c(F)c1. The van der Waals surface area contributed by atoms with Gasteiger partial charge >= 0.3 is 0 Å². The molecule has 0 saturated carbocycles. The molecule has 0 heterocycles. The lowest BCUT2D eigenvalue weighted by Crippen LogP contribution is -2.23. The summed E-state index contributed by atoms with van der Waals surface area (Å²) in [5.74, 6) is 0.540. The van der Waals surface area contributed by atoms with Crippen LogP contribution in [0, 0.1) is 11.7 Å². The summed E-state index contributed by atoms with van der Waals surface area (Å²) in [6.07, 6.45) is 6.08. The first-order valence-corrected chi connectivity index (χ1v) is 8.59. The first-order chi connectivity index (χ1) is 9.62. The van der Waals surface area contributed by atoms with Crippen LogP contribution < -0.4 is 5.32 Å². The highest BCUT2D eigenvalue weighted by molar-refractivity contribution is 9.10. The summed E-state index contributed by atoms with van der Waals surface area (Å²) >= 11 is 3.22. The van der Waals surface area contributed by atoms with E-state index >= 15 is 0 Å². The number of hydrogen-bond donors (Lipinski definition) is 1. The van der Waals surface area contributed by atoms with Crippen molar-refractivity contribution in [2.24, 2.45) is 5.92 Å². The van der Waals surface area contributed by atoms with Crippen molar-refractivity contribution in [1.29, 1.82) is 0 Å². The van der Waals surface area contributed by atoms with Crippen molar-refractivity contribution >= 4 is 15.9 Å². The molecule has 1 nitrogen and oxygen atoms in total. The van der Waals surface area contributed by atoms with Gasteiger partial charge in [-0.2, -0.15) is 0 Å². The maximum atomic E-state index is 13.7. The molecule has 0 radical (unpaired) electrons. The molecular formula is C17H27BrFN. The third-order valence-electron chi connectivity index (χ3n) is 3.91. The largest absolute Gasteiger partial charge is 0.310 e. The molecule has 0 aliphatic rings. The average molecular weight is 344 g/mol. The van der Waals surface area contributed by atoms with Crippen LogP contribution >= 0.6 is 15.9 Å². The fourth-order valence-electron chi connectivity index (χ4n) is 2.63. The highest BCUT2D eigenvalue weighted by atomic mass is 79.9. The van der Waals surface area contributed by atoms with Gasteiger partial charge in [-0.1, -0.05) is 52.5 Å². The molecule has 0 saturated heterocycles. The van der Waals surface area contributed by atoms with E-state index in [1.807, 2.05) is 12.1 Å². The second-order valence-electron chi connectivity index (χ2n) is 5.44. The Morgan fingerprint density at radius 2 is 2.00 bits per heavy atom.